The molecule has 9 nitrogen and oxygen atoms in total. The number of fused-ring (bicyclic) bond motifs is 4. The minimum absolute atomic E-state index is 0.175. The van der Waals surface area contributed by atoms with Gasteiger partial charge in [-0.1, -0.05) is 0 Å². The molecule has 6 rings (SSSR count). The number of hydrogen-bond acceptors (Lipinski definition) is 7. The number of anilines is 2. The number of aliphatic hydroxyl groups is 1. The molecule has 3 N–H and O–H groups in total. The summed E-state index contributed by atoms with van der Waals surface area (Å²) in [4.78, 5) is 36.0. The molecule has 3 aromatic heterocycles. The SMILES string of the molecule is CNc1cc(F)cc2c1Cc1ncc(-c3cnc4c(c3)c(=O)c(C(=O)O)cn4C)c(N3CCC(C)(O)C3)c1-2. The summed E-state index contributed by atoms with van der Waals surface area (Å²) in [5.74, 6) is -1.68. The first-order valence-corrected chi connectivity index (χ1v) is 12.3. The van der Waals surface area contributed by atoms with Crippen LogP contribution in [-0.2, 0) is 13.5 Å². The van der Waals surface area contributed by atoms with E-state index >= 15 is 0 Å². The molecule has 1 atom stereocenters. The van der Waals surface area contributed by atoms with Crippen molar-refractivity contribution in [1.82, 2.24) is 14.5 Å². The minimum Gasteiger partial charge on any atom is -0.477 e. The summed E-state index contributed by atoms with van der Waals surface area (Å²) in [5, 5.41) is 23.6. The van der Waals surface area contributed by atoms with Gasteiger partial charge in [0, 0.05) is 74.6 Å². The maximum Gasteiger partial charge on any atom is 0.341 e. The van der Waals surface area contributed by atoms with Crippen molar-refractivity contribution < 1.29 is 19.4 Å². The number of nitrogens with zero attached hydrogens (tertiary/aromatic N) is 4. The molecule has 38 heavy (non-hydrogen) atoms. The standard InChI is InChI=1S/C28H26FN5O4/c1-28(38)4-5-34(13-28)24-19(11-31-22-9-16-17(23(22)24)7-15(29)8-21(16)30-2)14-6-18-25(35)20(27(36)37)12-33(3)26(18)32-10-14/h6-8,10-12,30,38H,4-5,9,13H2,1-3H3,(H,36,37). The molecule has 1 aliphatic heterocycles. The van der Waals surface area contributed by atoms with Crippen LogP contribution in [0.3, 0.4) is 0 Å². The van der Waals surface area contributed by atoms with Gasteiger partial charge in [0.2, 0.25) is 5.43 Å². The van der Waals surface area contributed by atoms with Gasteiger partial charge in [0.15, 0.2) is 0 Å². The summed E-state index contributed by atoms with van der Waals surface area (Å²) >= 11 is 0. The van der Waals surface area contributed by atoms with Crippen LogP contribution in [0.1, 0.15) is 35.0 Å². The van der Waals surface area contributed by atoms with E-state index in [9.17, 15) is 24.2 Å². The Labute approximate surface area is 217 Å². The third kappa shape index (κ3) is 3.63. The zero-order valence-electron chi connectivity index (χ0n) is 21.2. The van der Waals surface area contributed by atoms with E-state index in [0.717, 1.165) is 28.1 Å². The Morgan fingerprint density at radius 2 is 1.97 bits per heavy atom. The van der Waals surface area contributed by atoms with Crippen molar-refractivity contribution in [3.8, 4) is 22.3 Å². The molecule has 194 valence electrons. The number of carboxylic acid groups (broad SMARTS) is 1. The van der Waals surface area contributed by atoms with E-state index in [0.29, 0.717) is 48.4 Å². The van der Waals surface area contributed by atoms with Gasteiger partial charge >= 0.3 is 5.97 Å². The summed E-state index contributed by atoms with van der Waals surface area (Å²) in [6.07, 6.45) is 5.69. The summed E-state index contributed by atoms with van der Waals surface area (Å²) in [6, 6.07) is 4.62. The predicted molar refractivity (Wildman–Crippen MR) is 142 cm³/mol. The first kappa shape index (κ1) is 24.1. The van der Waals surface area contributed by atoms with Crippen molar-refractivity contribution in [2.24, 2.45) is 7.05 Å². The van der Waals surface area contributed by atoms with Crippen molar-refractivity contribution in [2.45, 2.75) is 25.4 Å². The highest BCUT2D eigenvalue weighted by Gasteiger charge is 2.37. The Bertz CT molecular complexity index is 1730. The Morgan fingerprint density at radius 1 is 1.18 bits per heavy atom. The number of carboxylic acids is 1. The molecule has 10 heteroatoms. The highest BCUT2D eigenvalue weighted by Crippen LogP contribution is 2.49. The molecule has 0 radical (unpaired) electrons. The number of carbonyl (C=O) groups is 1. The van der Waals surface area contributed by atoms with Crippen LogP contribution < -0.4 is 15.6 Å². The third-order valence-electron chi connectivity index (χ3n) is 7.55. The van der Waals surface area contributed by atoms with Crippen molar-refractivity contribution in [1.29, 1.82) is 0 Å². The Hall–Kier alpha value is -4.31. The molecule has 0 spiro atoms. The number of aromatic carboxylic acids is 1. The molecule has 1 aliphatic carbocycles. The van der Waals surface area contributed by atoms with Crippen LogP contribution >= 0.6 is 0 Å². The van der Waals surface area contributed by atoms with Crippen LogP contribution in [0.5, 0.6) is 0 Å². The van der Waals surface area contributed by atoms with Gasteiger partial charge in [0.1, 0.15) is 17.0 Å². The largest absolute Gasteiger partial charge is 0.477 e. The number of benzene rings is 1. The average molecular weight is 516 g/mol. The third-order valence-corrected chi connectivity index (χ3v) is 7.55. The van der Waals surface area contributed by atoms with Crippen LogP contribution in [-0.4, -0.2) is 56.5 Å². The fourth-order valence-electron chi connectivity index (χ4n) is 5.74. The van der Waals surface area contributed by atoms with Crippen molar-refractivity contribution in [3.05, 3.63) is 69.7 Å². The van der Waals surface area contributed by atoms with Gasteiger partial charge in [-0.25, -0.2) is 14.2 Å². The van der Waals surface area contributed by atoms with E-state index in [1.54, 1.807) is 39.5 Å². The number of hydrogen-bond donors (Lipinski definition) is 3. The number of rotatable bonds is 4. The molecule has 0 saturated carbocycles. The normalized spacial score (nSPS) is 18.1. The van der Waals surface area contributed by atoms with Gasteiger partial charge in [-0.2, -0.15) is 0 Å². The van der Waals surface area contributed by atoms with Crippen LogP contribution in [0.25, 0.3) is 33.3 Å². The van der Waals surface area contributed by atoms with Crippen molar-refractivity contribution in [3.63, 3.8) is 0 Å². The maximum absolute atomic E-state index is 14.7. The highest BCUT2D eigenvalue weighted by molar-refractivity contribution is 5.98. The number of nitrogens with one attached hydrogen (secondary N) is 1. The molecule has 2 aliphatic rings. The zero-order chi connectivity index (χ0) is 26.9. The molecule has 1 saturated heterocycles. The quantitative estimate of drug-likeness (QED) is 0.333. The van der Waals surface area contributed by atoms with E-state index in [1.165, 1.54) is 22.9 Å². The molecule has 0 amide bonds. The second-order valence-electron chi connectivity index (χ2n) is 10.3. The molecule has 4 heterocycles. The lowest BCUT2D eigenvalue weighted by molar-refractivity contribution is 0.0694. The second kappa shape index (κ2) is 8.35. The van der Waals surface area contributed by atoms with E-state index in [-0.39, 0.29) is 16.8 Å². The van der Waals surface area contributed by atoms with Gasteiger partial charge in [-0.3, -0.25) is 9.78 Å². The first-order valence-electron chi connectivity index (χ1n) is 12.3. The molecule has 1 aromatic carbocycles. The number of aromatic nitrogens is 3. The summed E-state index contributed by atoms with van der Waals surface area (Å²) in [5.41, 5.74) is 4.48. The lowest BCUT2D eigenvalue weighted by atomic mass is 9.97. The van der Waals surface area contributed by atoms with Gasteiger partial charge in [0.05, 0.1) is 22.4 Å². The minimum atomic E-state index is -1.31. The van der Waals surface area contributed by atoms with Gasteiger partial charge in [-0.05, 0) is 42.7 Å². The molecular weight excluding hydrogens is 489 g/mol. The lowest BCUT2D eigenvalue weighted by Gasteiger charge is -2.26. The van der Waals surface area contributed by atoms with Gasteiger partial charge < -0.3 is 25.0 Å². The summed E-state index contributed by atoms with van der Waals surface area (Å²) in [6.45, 7) is 2.73. The Kier molecular flexibility index (Phi) is 5.29. The fraction of sp³-hybridized carbons (Fsp3) is 0.286. The monoisotopic (exact) mass is 515 g/mol. The van der Waals surface area contributed by atoms with Crippen LogP contribution in [0.4, 0.5) is 15.8 Å². The van der Waals surface area contributed by atoms with Crippen molar-refractivity contribution in [2.75, 3.05) is 30.4 Å². The van der Waals surface area contributed by atoms with Gasteiger partial charge in [0.25, 0.3) is 0 Å². The van der Waals surface area contributed by atoms with Gasteiger partial charge in [-0.15, -0.1) is 0 Å². The average Bonchev–Trinajstić information content (AvgIpc) is 3.44. The fourth-order valence-corrected chi connectivity index (χ4v) is 5.74. The smallest absolute Gasteiger partial charge is 0.341 e. The number of aryl methyl sites for hydroxylation is 1. The van der Waals surface area contributed by atoms with E-state index in [1.807, 2.05) is 0 Å². The predicted octanol–water partition coefficient (Wildman–Crippen LogP) is 3.41. The lowest BCUT2D eigenvalue weighted by Crippen LogP contribution is -2.30. The molecule has 1 unspecified atom stereocenters. The summed E-state index contributed by atoms with van der Waals surface area (Å²) in [7, 11) is 3.39. The summed E-state index contributed by atoms with van der Waals surface area (Å²) < 4.78 is 16.2. The highest BCUT2D eigenvalue weighted by atomic mass is 19.1. The topological polar surface area (TPSA) is 121 Å². The molecule has 0 bridgehead atoms. The van der Waals surface area contributed by atoms with Crippen molar-refractivity contribution >= 4 is 28.4 Å². The number of pyridine rings is 3. The van der Waals surface area contributed by atoms with Crippen LogP contribution in [0, 0.1) is 5.82 Å². The van der Waals surface area contributed by atoms with E-state index in [2.05, 4.69) is 15.2 Å². The second-order valence-corrected chi connectivity index (χ2v) is 10.3. The first-order chi connectivity index (χ1) is 18.1. The Morgan fingerprint density at radius 3 is 2.66 bits per heavy atom. The van der Waals surface area contributed by atoms with E-state index < -0.39 is 17.0 Å². The number of β-amino-alcohol motifs (C(OH)–C–C–N with tert-alkyl or cyclic N) is 1. The van der Waals surface area contributed by atoms with Crippen LogP contribution in [0.15, 0.2) is 41.6 Å². The molecule has 1 fully saturated rings. The number of halogens is 1. The zero-order valence-corrected chi connectivity index (χ0v) is 21.2. The van der Waals surface area contributed by atoms with Crippen LogP contribution in [0.2, 0.25) is 0 Å². The maximum atomic E-state index is 14.7. The Balaban J connectivity index is 1.64. The molecular formula is C28H26FN5O4. The van der Waals surface area contributed by atoms with E-state index in [4.69, 9.17) is 4.98 Å². The molecule has 4 aromatic rings.